The number of nitrogens with zero attached hydrogens (tertiary/aromatic N) is 2. The van der Waals surface area contributed by atoms with Crippen molar-refractivity contribution in [1.82, 2.24) is 10.2 Å². The van der Waals surface area contributed by atoms with Crippen molar-refractivity contribution < 1.29 is 23.5 Å². The molecule has 0 spiro atoms. The van der Waals surface area contributed by atoms with Crippen molar-refractivity contribution in [1.29, 1.82) is 0 Å². The molecule has 37 heavy (non-hydrogen) atoms. The first-order valence-corrected chi connectivity index (χ1v) is 13.0. The molecule has 0 bridgehead atoms. The fourth-order valence-corrected chi connectivity index (χ4v) is 4.51. The van der Waals surface area contributed by atoms with Gasteiger partial charge in [0.05, 0.1) is 12.3 Å². The van der Waals surface area contributed by atoms with E-state index in [1.807, 2.05) is 30.3 Å². The molecule has 9 heteroatoms. The van der Waals surface area contributed by atoms with Gasteiger partial charge >= 0.3 is 6.09 Å². The standard InChI is InChI=1S/C28H38N4O5/c1-2-19-37-28(35)30-18-10-9-16-24(29)26(33)31(22-12-5-3-6-13-22)21-32(23-14-7-4-8-15-23)27(34)25-17-11-20-36-25/h2-3,5-6,11-13,17,20,23-24H,1,4,7-10,14-16,18-19,21,29H2,(H,30,35). The Bertz CT molecular complexity index is 989. The maximum absolute atomic E-state index is 13.6. The lowest BCUT2D eigenvalue weighted by atomic mass is 9.94. The van der Waals surface area contributed by atoms with Crippen LogP contribution in [-0.4, -0.2) is 54.7 Å². The molecule has 0 radical (unpaired) electrons. The van der Waals surface area contributed by atoms with Crippen LogP contribution in [-0.2, 0) is 9.53 Å². The highest BCUT2D eigenvalue weighted by molar-refractivity contribution is 5.98. The number of rotatable bonds is 13. The maximum Gasteiger partial charge on any atom is 0.407 e. The number of carbonyl (C=O) groups excluding carboxylic acids is 3. The Morgan fingerprint density at radius 2 is 1.86 bits per heavy atom. The van der Waals surface area contributed by atoms with Crippen LogP contribution in [0, 0.1) is 0 Å². The summed E-state index contributed by atoms with van der Waals surface area (Å²) in [6.07, 6.45) is 9.23. The van der Waals surface area contributed by atoms with E-state index in [0.29, 0.717) is 31.5 Å². The molecule has 1 aromatic carbocycles. The maximum atomic E-state index is 13.6. The fraction of sp³-hybridized carbons (Fsp3) is 0.464. The van der Waals surface area contributed by atoms with Crippen LogP contribution in [0.3, 0.4) is 0 Å². The molecule has 1 saturated carbocycles. The number of para-hydroxylation sites is 1. The monoisotopic (exact) mass is 510 g/mol. The zero-order chi connectivity index (χ0) is 26.5. The number of hydrogen-bond acceptors (Lipinski definition) is 6. The summed E-state index contributed by atoms with van der Waals surface area (Å²) < 4.78 is 10.3. The topological polar surface area (TPSA) is 118 Å². The van der Waals surface area contributed by atoms with E-state index in [9.17, 15) is 14.4 Å². The van der Waals surface area contributed by atoms with E-state index < -0.39 is 12.1 Å². The van der Waals surface area contributed by atoms with Crippen molar-refractivity contribution in [2.24, 2.45) is 5.73 Å². The summed E-state index contributed by atoms with van der Waals surface area (Å²) in [5, 5.41) is 2.66. The zero-order valence-corrected chi connectivity index (χ0v) is 21.3. The largest absolute Gasteiger partial charge is 0.459 e. The predicted octanol–water partition coefficient (Wildman–Crippen LogP) is 4.46. The minimum atomic E-state index is -0.750. The molecule has 200 valence electrons. The Morgan fingerprint density at radius 1 is 1.11 bits per heavy atom. The Hall–Kier alpha value is -3.59. The van der Waals surface area contributed by atoms with Crippen molar-refractivity contribution in [3.05, 3.63) is 67.1 Å². The third-order valence-electron chi connectivity index (χ3n) is 6.50. The first-order valence-electron chi connectivity index (χ1n) is 13.0. The van der Waals surface area contributed by atoms with Gasteiger partial charge in [0.2, 0.25) is 5.91 Å². The van der Waals surface area contributed by atoms with Gasteiger partial charge in [-0.3, -0.25) is 14.5 Å². The lowest BCUT2D eigenvalue weighted by molar-refractivity contribution is -0.120. The second kappa shape index (κ2) is 14.8. The molecule has 0 aliphatic heterocycles. The normalized spacial score (nSPS) is 14.4. The molecule has 1 unspecified atom stereocenters. The van der Waals surface area contributed by atoms with Crippen molar-refractivity contribution in [3.63, 3.8) is 0 Å². The van der Waals surface area contributed by atoms with E-state index in [1.165, 1.54) is 12.3 Å². The first kappa shape index (κ1) is 28.0. The van der Waals surface area contributed by atoms with Gasteiger partial charge in [-0.1, -0.05) is 50.1 Å². The van der Waals surface area contributed by atoms with Crippen LogP contribution in [0.25, 0.3) is 0 Å². The lowest BCUT2D eigenvalue weighted by Crippen LogP contribution is -2.53. The fourth-order valence-electron chi connectivity index (χ4n) is 4.51. The highest BCUT2D eigenvalue weighted by Gasteiger charge is 2.32. The Kier molecular flexibility index (Phi) is 11.2. The zero-order valence-electron chi connectivity index (χ0n) is 21.3. The highest BCUT2D eigenvalue weighted by atomic mass is 16.5. The molecule has 0 saturated heterocycles. The van der Waals surface area contributed by atoms with Gasteiger partial charge in [-0.05, 0) is 56.4 Å². The number of furan rings is 1. The van der Waals surface area contributed by atoms with Gasteiger partial charge in [-0.15, -0.1) is 0 Å². The molecule has 2 aromatic rings. The summed E-state index contributed by atoms with van der Waals surface area (Å²) in [5.74, 6) is -0.222. The van der Waals surface area contributed by atoms with Crippen LogP contribution in [0.15, 0.2) is 65.8 Å². The predicted molar refractivity (Wildman–Crippen MR) is 142 cm³/mol. The molecule has 3 rings (SSSR count). The average Bonchev–Trinajstić information content (AvgIpc) is 3.48. The minimum absolute atomic E-state index is 0.0218. The van der Waals surface area contributed by atoms with Crippen LogP contribution < -0.4 is 16.0 Å². The Morgan fingerprint density at radius 3 is 2.54 bits per heavy atom. The van der Waals surface area contributed by atoms with Gasteiger partial charge in [-0.2, -0.15) is 0 Å². The van der Waals surface area contributed by atoms with Crippen molar-refractivity contribution in [2.75, 3.05) is 24.7 Å². The summed E-state index contributed by atoms with van der Waals surface area (Å²) in [6, 6.07) is 11.9. The van der Waals surface area contributed by atoms with E-state index in [0.717, 1.165) is 32.1 Å². The first-order chi connectivity index (χ1) is 18.0. The van der Waals surface area contributed by atoms with Crippen LogP contribution in [0.2, 0.25) is 0 Å². The van der Waals surface area contributed by atoms with Crippen LogP contribution >= 0.6 is 0 Å². The third kappa shape index (κ3) is 8.49. The number of anilines is 1. The minimum Gasteiger partial charge on any atom is -0.459 e. The van der Waals surface area contributed by atoms with E-state index in [1.54, 1.807) is 21.9 Å². The molecular weight excluding hydrogens is 472 g/mol. The molecule has 1 fully saturated rings. The van der Waals surface area contributed by atoms with Crippen LogP contribution in [0.4, 0.5) is 10.5 Å². The summed E-state index contributed by atoms with van der Waals surface area (Å²) in [5.41, 5.74) is 7.03. The van der Waals surface area contributed by atoms with Gasteiger partial charge in [0.25, 0.3) is 5.91 Å². The molecule has 1 aliphatic rings. The van der Waals surface area contributed by atoms with Crippen molar-refractivity contribution in [3.8, 4) is 0 Å². The summed E-state index contributed by atoms with van der Waals surface area (Å²) in [6.45, 7) is 4.17. The van der Waals surface area contributed by atoms with E-state index in [-0.39, 0.29) is 36.9 Å². The summed E-state index contributed by atoms with van der Waals surface area (Å²) in [4.78, 5) is 41.9. The quantitative estimate of drug-likeness (QED) is 0.233. The molecule has 3 amide bonds. The van der Waals surface area contributed by atoms with Crippen molar-refractivity contribution >= 4 is 23.6 Å². The number of unbranched alkanes of at least 4 members (excludes halogenated alkanes) is 1. The van der Waals surface area contributed by atoms with Gasteiger partial charge in [0.1, 0.15) is 13.3 Å². The number of hydrogen-bond donors (Lipinski definition) is 2. The number of nitrogens with two attached hydrogens (primary N) is 1. The molecule has 1 aliphatic carbocycles. The molecule has 3 N–H and O–H groups in total. The highest BCUT2D eigenvalue weighted by Crippen LogP contribution is 2.26. The van der Waals surface area contributed by atoms with Crippen LogP contribution in [0.5, 0.6) is 0 Å². The molecule has 1 aromatic heterocycles. The number of benzene rings is 1. The van der Waals surface area contributed by atoms with Gasteiger partial charge in [0, 0.05) is 18.3 Å². The number of amides is 3. The number of carbonyl (C=O) groups is 3. The second-order valence-corrected chi connectivity index (χ2v) is 9.20. The molecular formula is C28H38N4O5. The molecule has 1 atom stereocenters. The SMILES string of the molecule is C=CCOC(=O)NCCCCC(N)C(=O)N(CN(C(=O)c1ccco1)C1CCCCC1)c1ccccc1. The molecule has 9 nitrogen and oxygen atoms in total. The second-order valence-electron chi connectivity index (χ2n) is 9.20. The number of ether oxygens (including phenoxy) is 1. The molecule has 1 heterocycles. The van der Waals surface area contributed by atoms with Crippen molar-refractivity contribution in [2.45, 2.75) is 63.5 Å². The van der Waals surface area contributed by atoms with Gasteiger partial charge in [-0.25, -0.2) is 4.79 Å². The number of nitrogens with one attached hydrogen (secondary N) is 1. The average molecular weight is 511 g/mol. The number of alkyl carbamates (subject to hydrolysis) is 1. The van der Waals surface area contributed by atoms with E-state index in [4.69, 9.17) is 14.9 Å². The Labute approximate surface area is 218 Å². The Balaban J connectivity index is 1.67. The lowest BCUT2D eigenvalue weighted by Gasteiger charge is -2.38. The van der Waals surface area contributed by atoms with Gasteiger partial charge < -0.3 is 25.1 Å². The van der Waals surface area contributed by atoms with E-state index in [2.05, 4.69) is 11.9 Å². The summed E-state index contributed by atoms with van der Waals surface area (Å²) in [7, 11) is 0. The van der Waals surface area contributed by atoms with Gasteiger partial charge in [0.15, 0.2) is 5.76 Å². The third-order valence-corrected chi connectivity index (χ3v) is 6.50. The van der Waals surface area contributed by atoms with E-state index >= 15 is 0 Å². The summed E-state index contributed by atoms with van der Waals surface area (Å²) >= 11 is 0. The van der Waals surface area contributed by atoms with Crippen LogP contribution in [0.1, 0.15) is 61.9 Å². The smallest absolute Gasteiger partial charge is 0.407 e.